The number of furan rings is 1. The quantitative estimate of drug-likeness (QED) is 0.906. The van der Waals surface area contributed by atoms with Crippen LogP contribution in [0.4, 0.5) is 4.39 Å². The SMILES string of the molecule is O=C(NC1(CO)CCCC1)c1cc2cccc(F)c2o1. The van der Waals surface area contributed by atoms with Gasteiger partial charge in [0.2, 0.25) is 0 Å². The molecular formula is C15H16FNO3. The van der Waals surface area contributed by atoms with E-state index in [1.807, 2.05) is 0 Å². The number of carbonyl (C=O) groups excluding carboxylic acids is 1. The molecule has 1 aromatic heterocycles. The zero-order valence-electron chi connectivity index (χ0n) is 11.0. The molecule has 1 heterocycles. The molecule has 1 aliphatic rings. The van der Waals surface area contributed by atoms with Crippen molar-refractivity contribution in [3.8, 4) is 0 Å². The Morgan fingerprint density at radius 2 is 2.15 bits per heavy atom. The molecule has 1 saturated carbocycles. The normalized spacial score (nSPS) is 17.5. The predicted octanol–water partition coefficient (Wildman–Crippen LogP) is 2.61. The maximum Gasteiger partial charge on any atom is 0.287 e. The molecule has 0 bridgehead atoms. The first kappa shape index (κ1) is 13.1. The largest absolute Gasteiger partial charge is 0.448 e. The summed E-state index contributed by atoms with van der Waals surface area (Å²) in [5.74, 6) is -0.819. The summed E-state index contributed by atoms with van der Waals surface area (Å²) in [6, 6.07) is 6.07. The smallest absolute Gasteiger partial charge is 0.287 e. The van der Waals surface area contributed by atoms with Crippen molar-refractivity contribution >= 4 is 16.9 Å². The summed E-state index contributed by atoms with van der Waals surface area (Å²) in [5, 5.41) is 12.9. The summed E-state index contributed by atoms with van der Waals surface area (Å²) >= 11 is 0. The van der Waals surface area contributed by atoms with E-state index in [-0.39, 0.29) is 18.0 Å². The molecule has 2 aromatic rings. The molecule has 0 spiro atoms. The summed E-state index contributed by atoms with van der Waals surface area (Å²) < 4.78 is 18.8. The average molecular weight is 277 g/mol. The lowest BCUT2D eigenvalue weighted by atomic mass is 9.99. The number of halogens is 1. The highest BCUT2D eigenvalue weighted by Crippen LogP contribution is 2.30. The molecular weight excluding hydrogens is 261 g/mol. The van der Waals surface area contributed by atoms with Crippen LogP contribution in [0, 0.1) is 5.82 Å². The van der Waals surface area contributed by atoms with Crippen molar-refractivity contribution in [2.45, 2.75) is 31.2 Å². The van der Waals surface area contributed by atoms with Crippen LogP contribution < -0.4 is 5.32 Å². The van der Waals surface area contributed by atoms with Gasteiger partial charge in [-0.3, -0.25) is 4.79 Å². The van der Waals surface area contributed by atoms with Gasteiger partial charge < -0.3 is 14.8 Å². The lowest BCUT2D eigenvalue weighted by molar-refractivity contribution is 0.0812. The molecule has 2 N–H and O–H groups in total. The third kappa shape index (κ3) is 2.18. The number of hydrogen-bond acceptors (Lipinski definition) is 3. The van der Waals surface area contributed by atoms with E-state index in [2.05, 4.69) is 5.32 Å². The van der Waals surface area contributed by atoms with Crippen LogP contribution in [0.2, 0.25) is 0 Å². The predicted molar refractivity (Wildman–Crippen MR) is 71.9 cm³/mol. The first-order chi connectivity index (χ1) is 9.63. The third-order valence-corrected chi connectivity index (χ3v) is 3.96. The number of aliphatic hydroxyl groups is 1. The van der Waals surface area contributed by atoms with Gasteiger partial charge in [-0.15, -0.1) is 0 Å². The number of nitrogens with one attached hydrogen (secondary N) is 1. The van der Waals surface area contributed by atoms with Gasteiger partial charge in [-0.2, -0.15) is 0 Å². The summed E-state index contributed by atoms with van der Waals surface area (Å²) in [6.45, 7) is -0.0900. The third-order valence-electron chi connectivity index (χ3n) is 3.96. The van der Waals surface area contributed by atoms with E-state index in [0.29, 0.717) is 5.39 Å². The molecule has 5 heteroatoms. The topological polar surface area (TPSA) is 62.5 Å². The van der Waals surface area contributed by atoms with Crippen LogP contribution in [0.1, 0.15) is 36.2 Å². The van der Waals surface area contributed by atoms with Gasteiger partial charge in [0.25, 0.3) is 5.91 Å². The van der Waals surface area contributed by atoms with Crippen molar-refractivity contribution < 1.29 is 18.7 Å². The number of para-hydroxylation sites is 1. The van der Waals surface area contributed by atoms with Crippen LogP contribution in [0.15, 0.2) is 28.7 Å². The van der Waals surface area contributed by atoms with Gasteiger partial charge in [-0.05, 0) is 25.0 Å². The Bertz CT molecular complexity index is 644. The lowest BCUT2D eigenvalue weighted by Gasteiger charge is -2.27. The zero-order valence-corrected chi connectivity index (χ0v) is 11.0. The number of benzene rings is 1. The number of rotatable bonds is 3. The van der Waals surface area contributed by atoms with E-state index in [0.717, 1.165) is 25.7 Å². The molecule has 1 fully saturated rings. The molecule has 106 valence electrons. The molecule has 0 saturated heterocycles. The fourth-order valence-corrected chi connectivity index (χ4v) is 2.82. The first-order valence-electron chi connectivity index (χ1n) is 6.75. The highest BCUT2D eigenvalue weighted by Gasteiger charge is 2.35. The number of aliphatic hydroxyl groups excluding tert-OH is 1. The lowest BCUT2D eigenvalue weighted by Crippen LogP contribution is -2.49. The molecule has 20 heavy (non-hydrogen) atoms. The second kappa shape index (κ2) is 4.90. The van der Waals surface area contributed by atoms with Gasteiger partial charge in [0.05, 0.1) is 12.1 Å². The number of fused-ring (bicyclic) bond motifs is 1. The minimum Gasteiger partial charge on any atom is -0.448 e. The molecule has 0 atom stereocenters. The van der Waals surface area contributed by atoms with Gasteiger partial charge in [-0.1, -0.05) is 25.0 Å². The molecule has 1 aromatic carbocycles. The molecule has 3 rings (SSSR count). The maximum absolute atomic E-state index is 13.5. The van der Waals surface area contributed by atoms with Crippen LogP contribution in [-0.2, 0) is 0 Å². The fraction of sp³-hybridized carbons (Fsp3) is 0.400. The van der Waals surface area contributed by atoms with Crippen molar-refractivity contribution in [3.05, 3.63) is 35.8 Å². The Hall–Kier alpha value is -1.88. The number of hydrogen-bond donors (Lipinski definition) is 2. The maximum atomic E-state index is 13.5. The standard InChI is InChI=1S/C15H16FNO3/c16-11-5-3-4-10-8-12(20-13(10)11)14(19)17-15(9-18)6-1-2-7-15/h3-5,8,18H,1-2,6-7,9H2,(H,17,19). The van der Waals surface area contributed by atoms with E-state index in [4.69, 9.17) is 4.42 Å². The summed E-state index contributed by atoms with van der Waals surface area (Å²) in [5.41, 5.74) is -0.476. The van der Waals surface area contributed by atoms with Crippen molar-refractivity contribution in [2.24, 2.45) is 0 Å². The highest BCUT2D eigenvalue weighted by atomic mass is 19.1. The van der Waals surface area contributed by atoms with Gasteiger partial charge in [0, 0.05) is 5.39 Å². The monoisotopic (exact) mass is 277 g/mol. The van der Waals surface area contributed by atoms with Crippen molar-refractivity contribution in [1.82, 2.24) is 5.32 Å². The van der Waals surface area contributed by atoms with Crippen LogP contribution in [-0.4, -0.2) is 23.2 Å². The van der Waals surface area contributed by atoms with Crippen molar-refractivity contribution in [3.63, 3.8) is 0 Å². The Morgan fingerprint density at radius 1 is 1.40 bits per heavy atom. The minimum absolute atomic E-state index is 0.0739. The van der Waals surface area contributed by atoms with Gasteiger partial charge >= 0.3 is 0 Å². The van der Waals surface area contributed by atoms with E-state index in [9.17, 15) is 14.3 Å². The fourth-order valence-electron chi connectivity index (χ4n) is 2.82. The van der Waals surface area contributed by atoms with E-state index in [1.54, 1.807) is 12.1 Å². The Labute approximate surface area is 115 Å². The van der Waals surface area contributed by atoms with Gasteiger partial charge in [-0.25, -0.2) is 4.39 Å². The summed E-state index contributed by atoms with van der Waals surface area (Å²) in [6.07, 6.45) is 3.47. The van der Waals surface area contributed by atoms with E-state index in [1.165, 1.54) is 12.1 Å². The molecule has 0 radical (unpaired) electrons. The second-order valence-electron chi connectivity index (χ2n) is 5.37. The molecule has 4 nitrogen and oxygen atoms in total. The van der Waals surface area contributed by atoms with E-state index < -0.39 is 17.3 Å². The highest BCUT2D eigenvalue weighted by molar-refractivity contribution is 5.96. The van der Waals surface area contributed by atoms with E-state index >= 15 is 0 Å². The first-order valence-corrected chi connectivity index (χ1v) is 6.75. The minimum atomic E-state index is -0.561. The summed E-state index contributed by atoms with van der Waals surface area (Å²) in [4.78, 5) is 12.2. The van der Waals surface area contributed by atoms with Gasteiger partial charge in [0.15, 0.2) is 17.2 Å². The number of carbonyl (C=O) groups is 1. The van der Waals surface area contributed by atoms with Crippen LogP contribution >= 0.6 is 0 Å². The Morgan fingerprint density at radius 3 is 2.80 bits per heavy atom. The molecule has 1 aliphatic carbocycles. The zero-order chi connectivity index (χ0) is 14.2. The van der Waals surface area contributed by atoms with Crippen LogP contribution in [0.5, 0.6) is 0 Å². The van der Waals surface area contributed by atoms with Crippen LogP contribution in [0.3, 0.4) is 0 Å². The molecule has 1 amide bonds. The number of amides is 1. The van der Waals surface area contributed by atoms with Crippen molar-refractivity contribution in [1.29, 1.82) is 0 Å². The second-order valence-corrected chi connectivity index (χ2v) is 5.37. The Kier molecular flexibility index (Phi) is 3.22. The average Bonchev–Trinajstić information content (AvgIpc) is 3.06. The van der Waals surface area contributed by atoms with Crippen LogP contribution in [0.25, 0.3) is 11.0 Å². The van der Waals surface area contributed by atoms with Gasteiger partial charge in [0.1, 0.15) is 0 Å². The molecule has 0 aliphatic heterocycles. The molecule has 0 unspecified atom stereocenters. The summed E-state index contributed by atoms with van der Waals surface area (Å²) in [7, 11) is 0. The van der Waals surface area contributed by atoms with Crippen molar-refractivity contribution in [2.75, 3.05) is 6.61 Å². The Balaban J connectivity index is 1.87.